The molecule has 2 amide bonds. The third-order valence-electron chi connectivity index (χ3n) is 5.91. The highest BCUT2D eigenvalue weighted by atomic mass is 32.1. The molecule has 1 atom stereocenters. The fourth-order valence-corrected chi connectivity index (χ4v) is 4.74. The van der Waals surface area contributed by atoms with Gasteiger partial charge in [0.15, 0.2) is 5.13 Å². The van der Waals surface area contributed by atoms with Crippen LogP contribution >= 0.6 is 11.3 Å². The minimum atomic E-state index is -0.793. The van der Waals surface area contributed by atoms with Crippen LogP contribution in [-0.4, -0.2) is 66.6 Å². The van der Waals surface area contributed by atoms with Crippen molar-refractivity contribution in [1.29, 1.82) is 0 Å². The molecule has 1 aromatic carbocycles. The largest absolute Gasteiger partial charge is 0.324 e. The fourth-order valence-electron chi connectivity index (χ4n) is 3.93. The summed E-state index contributed by atoms with van der Waals surface area (Å²) in [6, 6.07) is 6.00. The third-order valence-corrected chi connectivity index (χ3v) is 6.67. The zero-order valence-electron chi connectivity index (χ0n) is 17.0. The van der Waals surface area contributed by atoms with Crippen molar-refractivity contribution in [3.8, 4) is 12.3 Å². The van der Waals surface area contributed by atoms with E-state index in [2.05, 4.69) is 26.4 Å². The summed E-state index contributed by atoms with van der Waals surface area (Å²) < 4.78 is 13.3. The number of thiazole rings is 1. The average molecular weight is 428 g/mol. The number of nitrogens with one attached hydrogen (secondary N) is 2. The first-order chi connectivity index (χ1) is 14.5. The Bertz CT molecular complexity index is 928. The maximum Gasteiger partial charge on any atom is 0.323 e. The first-order valence-corrected chi connectivity index (χ1v) is 11.0. The highest BCUT2D eigenvalue weighted by Gasteiger charge is 2.33. The Morgan fingerprint density at radius 3 is 2.73 bits per heavy atom. The van der Waals surface area contributed by atoms with Crippen LogP contribution in [0.15, 0.2) is 29.6 Å². The molecule has 30 heavy (non-hydrogen) atoms. The second kappa shape index (κ2) is 8.72. The lowest BCUT2D eigenvalue weighted by molar-refractivity contribution is 0.0916. The lowest BCUT2D eigenvalue weighted by Crippen LogP contribution is -2.56. The molecular weight excluding hydrogens is 401 g/mol. The second-order valence-electron chi connectivity index (χ2n) is 8.07. The Morgan fingerprint density at radius 2 is 2.07 bits per heavy atom. The van der Waals surface area contributed by atoms with Crippen molar-refractivity contribution in [1.82, 2.24) is 20.1 Å². The zero-order valence-corrected chi connectivity index (χ0v) is 17.8. The summed E-state index contributed by atoms with van der Waals surface area (Å²) in [5.74, 6) is 3.00. The lowest BCUT2D eigenvalue weighted by Gasteiger charge is -2.42. The Balaban J connectivity index is 1.33. The molecule has 2 fully saturated rings. The summed E-state index contributed by atoms with van der Waals surface area (Å²) in [4.78, 5) is 21.4. The van der Waals surface area contributed by atoms with Crippen molar-refractivity contribution in [2.24, 2.45) is 5.92 Å². The Labute approximate surface area is 180 Å². The smallest absolute Gasteiger partial charge is 0.323 e. The van der Waals surface area contributed by atoms with Crippen molar-refractivity contribution in [3.63, 3.8) is 0 Å². The number of rotatable bonds is 5. The molecule has 4 rings (SSSR count). The number of aromatic nitrogens is 1. The molecule has 1 unspecified atom stereocenters. The first kappa shape index (κ1) is 20.8. The molecule has 8 heteroatoms. The molecular formula is C22H26FN5OS. The van der Waals surface area contributed by atoms with Crippen molar-refractivity contribution in [2.45, 2.75) is 12.3 Å². The van der Waals surface area contributed by atoms with Crippen LogP contribution in [-0.2, 0) is 5.41 Å². The molecule has 0 bridgehead atoms. The van der Waals surface area contributed by atoms with Crippen LogP contribution in [0.4, 0.5) is 14.3 Å². The van der Waals surface area contributed by atoms with Crippen molar-refractivity contribution < 1.29 is 9.18 Å². The van der Waals surface area contributed by atoms with E-state index in [-0.39, 0.29) is 11.8 Å². The summed E-state index contributed by atoms with van der Waals surface area (Å²) in [7, 11) is 0. The maximum atomic E-state index is 13.3. The van der Waals surface area contributed by atoms with E-state index in [9.17, 15) is 9.18 Å². The number of halogens is 1. The zero-order chi connectivity index (χ0) is 21.1. The van der Waals surface area contributed by atoms with Crippen molar-refractivity contribution in [3.05, 3.63) is 46.7 Å². The number of amides is 2. The van der Waals surface area contributed by atoms with Crippen LogP contribution in [0.5, 0.6) is 0 Å². The van der Waals surface area contributed by atoms with Gasteiger partial charge in [-0.15, -0.1) is 17.8 Å². The number of terminal acetylenes is 1. The maximum absolute atomic E-state index is 13.3. The molecule has 158 valence electrons. The predicted molar refractivity (Wildman–Crippen MR) is 117 cm³/mol. The second-order valence-corrected chi connectivity index (χ2v) is 8.92. The number of hydrogen-bond acceptors (Lipinski definition) is 5. The monoisotopic (exact) mass is 427 g/mol. The van der Waals surface area contributed by atoms with E-state index in [0.29, 0.717) is 16.7 Å². The van der Waals surface area contributed by atoms with Crippen molar-refractivity contribution >= 4 is 22.5 Å². The van der Waals surface area contributed by atoms with Crippen LogP contribution in [0, 0.1) is 24.1 Å². The molecule has 3 heterocycles. The highest BCUT2D eigenvalue weighted by molar-refractivity contribution is 7.14. The van der Waals surface area contributed by atoms with Crippen LogP contribution in [0.25, 0.3) is 0 Å². The van der Waals surface area contributed by atoms with Gasteiger partial charge in [-0.1, -0.05) is 18.1 Å². The van der Waals surface area contributed by atoms with Gasteiger partial charge in [0.25, 0.3) is 0 Å². The minimum absolute atomic E-state index is 0.128. The SMILES string of the molecule is C#CC(C)(c1ccc(F)cc1)c1csc(NC(=O)N2CC(CN3CCNCC3)C2)n1. The molecule has 0 saturated carbocycles. The molecule has 2 aliphatic heterocycles. The van der Waals surface area contributed by atoms with Crippen LogP contribution in [0.2, 0.25) is 0 Å². The molecule has 2 aromatic rings. The minimum Gasteiger partial charge on any atom is -0.324 e. The van der Waals surface area contributed by atoms with Gasteiger partial charge in [-0.3, -0.25) is 5.32 Å². The van der Waals surface area contributed by atoms with Gasteiger partial charge in [0.05, 0.1) is 11.1 Å². The van der Waals surface area contributed by atoms with Gasteiger partial charge in [-0.05, 0) is 24.6 Å². The average Bonchev–Trinajstić information content (AvgIpc) is 3.20. The Morgan fingerprint density at radius 1 is 1.37 bits per heavy atom. The predicted octanol–water partition coefficient (Wildman–Crippen LogP) is 2.59. The van der Waals surface area contributed by atoms with E-state index >= 15 is 0 Å². The quantitative estimate of drug-likeness (QED) is 0.720. The topological polar surface area (TPSA) is 60.5 Å². The number of likely N-dealkylation sites (tertiary alicyclic amines) is 1. The molecule has 1 aromatic heterocycles. The van der Waals surface area contributed by atoms with E-state index < -0.39 is 5.41 Å². The standard InChI is InChI=1S/C22H26FN5OS/c1-3-22(2,17-4-6-18(23)7-5-17)19-15-30-20(25-19)26-21(29)28-13-16(14-28)12-27-10-8-24-9-11-27/h1,4-7,15-16,24H,8-14H2,2H3,(H,25,26,29). The molecule has 6 nitrogen and oxygen atoms in total. The van der Waals surface area contributed by atoms with Crippen LogP contribution < -0.4 is 10.6 Å². The van der Waals surface area contributed by atoms with Gasteiger partial charge < -0.3 is 15.1 Å². The highest BCUT2D eigenvalue weighted by Crippen LogP contribution is 2.33. The molecule has 2 saturated heterocycles. The number of benzene rings is 1. The summed E-state index contributed by atoms with van der Waals surface area (Å²) in [5, 5.41) is 8.61. The van der Waals surface area contributed by atoms with E-state index in [1.165, 1.54) is 23.5 Å². The number of nitrogens with zero attached hydrogens (tertiary/aromatic N) is 3. The molecule has 0 radical (unpaired) electrons. The van der Waals surface area contributed by atoms with Gasteiger partial charge in [0.2, 0.25) is 0 Å². The summed E-state index contributed by atoms with van der Waals surface area (Å²) in [6.07, 6.45) is 5.81. The lowest BCUT2D eigenvalue weighted by atomic mass is 9.81. The van der Waals surface area contributed by atoms with Gasteiger partial charge >= 0.3 is 6.03 Å². The van der Waals surface area contributed by atoms with Gasteiger partial charge in [-0.2, -0.15) is 0 Å². The number of urea groups is 1. The van der Waals surface area contributed by atoms with E-state index in [1.807, 2.05) is 17.2 Å². The Kier molecular flexibility index (Phi) is 6.04. The number of piperazine rings is 1. The summed E-state index contributed by atoms with van der Waals surface area (Å²) >= 11 is 1.34. The van der Waals surface area contributed by atoms with Crippen LogP contribution in [0.1, 0.15) is 18.2 Å². The number of hydrogen-bond donors (Lipinski definition) is 2. The van der Waals surface area contributed by atoms with Crippen molar-refractivity contribution in [2.75, 3.05) is 51.1 Å². The van der Waals surface area contributed by atoms with E-state index in [0.717, 1.165) is 51.4 Å². The fraction of sp³-hybridized carbons (Fsp3) is 0.455. The number of anilines is 1. The van der Waals surface area contributed by atoms with Gasteiger partial charge in [-0.25, -0.2) is 14.2 Å². The molecule has 0 spiro atoms. The van der Waals surface area contributed by atoms with Gasteiger partial charge in [0.1, 0.15) is 5.82 Å². The molecule has 0 aliphatic carbocycles. The Hall–Kier alpha value is -2.47. The van der Waals surface area contributed by atoms with Gasteiger partial charge in [0, 0.05) is 57.1 Å². The number of carbonyl (C=O) groups excluding carboxylic acids is 1. The molecule has 2 aliphatic rings. The summed E-state index contributed by atoms with van der Waals surface area (Å²) in [6.45, 7) is 8.69. The third kappa shape index (κ3) is 4.33. The summed E-state index contributed by atoms with van der Waals surface area (Å²) in [5.41, 5.74) is 0.656. The van der Waals surface area contributed by atoms with E-state index in [4.69, 9.17) is 6.42 Å². The van der Waals surface area contributed by atoms with E-state index in [1.54, 1.807) is 12.1 Å². The number of carbonyl (C=O) groups is 1. The first-order valence-electron chi connectivity index (χ1n) is 10.2. The van der Waals surface area contributed by atoms with Crippen LogP contribution in [0.3, 0.4) is 0 Å². The normalized spacial score (nSPS) is 19.6. The molecule has 2 N–H and O–H groups in total.